The number of imidazole rings is 1. The molecule has 0 spiro atoms. The summed E-state index contributed by atoms with van der Waals surface area (Å²) >= 11 is 14.4. The zero-order chi connectivity index (χ0) is 103. The van der Waals surface area contributed by atoms with Gasteiger partial charge in [0, 0.05) is 169 Å². The average Bonchev–Trinajstić information content (AvgIpc) is 1.65. The number of fused-ring (bicyclic) bond motifs is 2. The Morgan fingerprint density at radius 2 is 0.720 bits per heavy atom. The molecule has 12 heterocycles. The van der Waals surface area contributed by atoms with Crippen LogP contribution in [-0.2, 0) is 25.6 Å². The average molecular weight is 2090 g/mol. The van der Waals surface area contributed by atoms with Crippen LogP contribution in [0.1, 0.15) is 276 Å². The molecule has 0 bridgehead atoms. The van der Waals surface area contributed by atoms with E-state index < -0.39 is 23.9 Å². The van der Waals surface area contributed by atoms with Gasteiger partial charge in [-0.1, -0.05) is 269 Å². The number of aromatic nitrogens is 8. The van der Waals surface area contributed by atoms with Crippen molar-refractivity contribution >= 4 is 80.5 Å². The molecular weight excluding hydrogens is 1930 g/mol. The standard InChI is InChI=1S/C34H43N3O2S.C31H38Cl2N4O2.C30H39N5O2.C28H40N4O2/c38-34(39)32(27-14-8-3-9-15-27)37-23-29(31(24-37)26-12-6-2-7-13-26)22-36-18-16-28(17-19-36)33-35-21-30(40-33)20-25-10-4-1-5-11-25;32-26-15-28-29(16-27(26)33)37(20-34-28)24-11-13-35(14-12-24)17-23-18-36(19-25(23)21-7-3-1-4-8-21)30(31(38)39)22-9-5-2-6-10-22;36-30(37)29(23-11-5-2-6-12-23)34-20-24(26(21-34)22-9-3-1-4-10-22)19-33-17-15-25(16-18-33)35-28-14-8-7-13-27(28)31-32-35;1-20-16-26(30-29-20)22-12-14-31(15-13-22)17-24-18-32(19-25(24)21-8-4-2-5-9-21)27(28(33)34)23-10-6-3-7-11-23/h1-2,4-7,10-13,21,27-29,31-32H,3,8-9,14-20,22-24H2,(H,38,39);1,3-4,7-8,15-16,20,22-25,30H,2,5-6,9-14,17-19H2,(H,38,39);1,3-4,7-10,13-14,23-26,29H,2,5-6,11-12,15-21H2,(H,36,37);2,4-5,8-9,16,22-25,27H,3,6-7,10-15,17-19H2,1H3,(H,29,30)(H,33,34)/t29-,31?,32+;23-,25?,30+;24-,26?,29+;24-,25?,27+/m0000/s1. The van der Waals surface area contributed by atoms with Crippen LogP contribution < -0.4 is 0 Å². The van der Waals surface area contributed by atoms with E-state index in [0.717, 1.165) is 281 Å². The van der Waals surface area contributed by atoms with Crippen LogP contribution in [0.3, 0.4) is 0 Å². The van der Waals surface area contributed by atoms with Gasteiger partial charge in [0.2, 0.25) is 0 Å². The van der Waals surface area contributed by atoms with E-state index in [2.05, 4.69) is 257 Å². The number of hydrogen-bond acceptors (Lipinski definition) is 18. The van der Waals surface area contributed by atoms with Crippen LogP contribution >= 0.6 is 34.5 Å². The third-order valence-electron chi connectivity index (χ3n) is 37.0. The predicted molar refractivity (Wildman–Crippen MR) is 597 cm³/mol. The van der Waals surface area contributed by atoms with Crippen LogP contribution in [0.4, 0.5) is 0 Å². The van der Waals surface area contributed by atoms with Crippen LogP contribution in [0, 0.1) is 54.3 Å². The van der Waals surface area contributed by atoms with Crippen LogP contribution in [0.2, 0.25) is 10.0 Å². The second kappa shape index (κ2) is 51.6. The van der Waals surface area contributed by atoms with Gasteiger partial charge in [-0.05, 0) is 241 Å². The highest BCUT2D eigenvalue weighted by Crippen LogP contribution is 2.47. The first-order valence-corrected chi connectivity index (χ1v) is 59.0. The van der Waals surface area contributed by atoms with Crippen molar-refractivity contribution in [3.63, 3.8) is 0 Å². The molecule has 11 aromatic rings. The van der Waals surface area contributed by atoms with Crippen LogP contribution in [0.25, 0.3) is 22.1 Å². The number of aryl methyl sites for hydroxylation is 1. The first-order chi connectivity index (χ1) is 73.4. The summed E-state index contributed by atoms with van der Waals surface area (Å²) in [5.41, 5.74) is 13.1. The fraction of sp³-hybridized carbons (Fsp3) is 0.569. The molecular formula is C123H160Cl2N16O8S. The van der Waals surface area contributed by atoms with E-state index in [-0.39, 0.29) is 36.0 Å². The minimum absolute atomic E-state index is 0.274. The largest absolute Gasteiger partial charge is 0.480 e. The van der Waals surface area contributed by atoms with Gasteiger partial charge in [0.05, 0.1) is 49.7 Å². The number of para-hydroxylation sites is 1. The number of H-pyrrole nitrogens is 1. The van der Waals surface area contributed by atoms with Gasteiger partial charge in [0.1, 0.15) is 29.7 Å². The summed E-state index contributed by atoms with van der Waals surface area (Å²) in [7, 11) is 0. The van der Waals surface area contributed by atoms with Gasteiger partial charge in [0.15, 0.2) is 0 Å². The maximum Gasteiger partial charge on any atom is 0.321 e. The van der Waals surface area contributed by atoms with Crippen molar-refractivity contribution in [1.29, 1.82) is 0 Å². The van der Waals surface area contributed by atoms with Crippen molar-refractivity contribution in [2.24, 2.45) is 47.3 Å². The van der Waals surface area contributed by atoms with Gasteiger partial charge in [-0.25, -0.2) is 14.6 Å². The van der Waals surface area contributed by atoms with Gasteiger partial charge in [0.25, 0.3) is 0 Å². The molecule has 24 nitrogen and oxygen atoms in total. The molecule has 4 saturated carbocycles. The lowest BCUT2D eigenvalue weighted by atomic mass is 9.83. The Bertz CT molecular complexity index is 6090. The minimum atomic E-state index is -0.635. The zero-order valence-electron chi connectivity index (χ0n) is 88.1. The van der Waals surface area contributed by atoms with Crippen molar-refractivity contribution in [1.82, 2.24) is 78.9 Å². The molecule has 5 N–H and O–H groups in total. The number of thiazole rings is 1. The van der Waals surface area contributed by atoms with Gasteiger partial charge >= 0.3 is 23.9 Å². The number of hydrogen-bond donors (Lipinski definition) is 5. The summed E-state index contributed by atoms with van der Waals surface area (Å²) < 4.78 is 4.39. The normalized spacial score (nSPS) is 25.3. The number of nitrogens with one attached hydrogen (secondary N) is 1. The highest BCUT2D eigenvalue weighted by atomic mass is 35.5. The summed E-state index contributed by atoms with van der Waals surface area (Å²) in [6.45, 7) is 21.7. The smallest absolute Gasteiger partial charge is 0.321 e. The highest BCUT2D eigenvalue weighted by molar-refractivity contribution is 7.11. The monoisotopic (exact) mass is 2090 g/mol. The Morgan fingerprint density at radius 1 is 0.373 bits per heavy atom. The van der Waals surface area contributed by atoms with Crippen molar-refractivity contribution in [3.05, 3.63) is 266 Å². The maximum absolute atomic E-state index is 12.5. The van der Waals surface area contributed by atoms with E-state index in [1.807, 2.05) is 41.9 Å². The second-order valence-electron chi connectivity index (χ2n) is 46.6. The Balaban J connectivity index is 0.000000121. The fourth-order valence-corrected chi connectivity index (χ4v) is 30.8. The number of aromatic amines is 1. The Kier molecular flexibility index (Phi) is 37.0. The number of halogens is 2. The Hall–Kier alpha value is -9.61. The summed E-state index contributed by atoms with van der Waals surface area (Å²) in [6.07, 6.45) is 36.7. The quantitative estimate of drug-likeness (QED) is 0.0280. The number of rotatable bonds is 30. The molecule has 0 radical (unpaired) electrons. The maximum atomic E-state index is 12.5. The summed E-state index contributed by atoms with van der Waals surface area (Å²) in [5, 5.41) is 60.0. The van der Waals surface area contributed by atoms with Crippen molar-refractivity contribution in [3.8, 4) is 0 Å². The van der Waals surface area contributed by atoms with E-state index in [9.17, 15) is 39.6 Å². The molecule has 4 aliphatic carbocycles. The molecule has 150 heavy (non-hydrogen) atoms. The number of likely N-dealkylation sites (tertiary alicyclic amines) is 8. The van der Waals surface area contributed by atoms with Crippen LogP contribution in [-0.4, -0.2) is 278 Å². The lowest BCUT2D eigenvalue weighted by molar-refractivity contribution is -0.146. The number of benzene rings is 7. The number of aliphatic carboxylic acids is 4. The predicted octanol–water partition coefficient (Wildman–Crippen LogP) is 22.9. The third kappa shape index (κ3) is 26.6. The first-order valence-electron chi connectivity index (χ1n) is 57.5. The number of carbonyl (C=O) groups is 4. The zero-order valence-corrected chi connectivity index (χ0v) is 90.4. The fourth-order valence-electron chi connectivity index (χ4n) is 29.3. The first kappa shape index (κ1) is 107. The minimum Gasteiger partial charge on any atom is -0.480 e. The molecule has 4 unspecified atom stereocenters. The van der Waals surface area contributed by atoms with Gasteiger partial charge < -0.3 is 44.6 Å². The Labute approximate surface area is 901 Å². The third-order valence-corrected chi connectivity index (χ3v) is 38.9. The molecule has 12 atom stereocenters. The highest BCUT2D eigenvalue weighted by Gasteiger charge is 2.50. The lowest BCUT2D eigenvalue weighted by Gasteiger charge is -2.36. The molecule has 12 fully saturated rings. The van der Waals surface area contributed by atoms with Crippen LogP contribution in [0.5, 0.6) is 0 Å². The summed E-state index contributed by atoms with van der Waals surface area (Å²) in [5.74, 6) is 3.09. The second-order valence-corrected chi connectivity index (χ2v) is 48.6. The number of nitrogens with zero attached hydrogens (tertiary/aromatic N) is 15. The molecule has 27 heteroatoms. The van der Waals surface area contributed by atoms with E-state index in [1.165, 1.54) is 108 Å². The number of carboxylic acids is 4. The lowest BCUT2D eigenvalue weighted by Crippen LogP contribution is -2.46. The molecule has 7 aromatic carbocycles. The Morgan fingerprint density at radius 3 is 1.09 bits per heavy atom. The van der Waals surface area contributed by atoms with Crippen molar-refractivity contribution in [2.75, 3.05) is 131 Å². The van der Waals surface area contributed by atoms with E-state index >= 15 is 0 Å². The van der Waals surface area contributed by atoms with E-state index in [1.54, 1.807) is 0 Å². The van der Waals surface area contributed by atoms with E-state index in [4.69, 9.17) is 28.2 Å². The van der Waals surface area contributed by atoms with Gasteiger partial charge in [-0.15, -0.1) is 16.4 Å². The molecule has 8 aliphatic heterocycles. The van der Waals surface area contributed by atoms with E-state index in [0.29, 0.717) is 93.1 Å². The van der Waals surface area contributed by atoms with Crippen molar-refractivity contribution in [2.45, 2.75) is 265 Å². The van der Waals surface area contributed by atoms with Crippen LogP contribution in [0.15, 0.2) is 207 Å². The molecule has 23 rings (SSSR count). The molecule has 4 aromatic heterocycles. The molecule has 0 amide bonds. The molecule has 8 saturated heterocycles. The van der Waals surface area contributed by atoms with Gasteiger partial charge in [-0.2, -0.15) is 5.10 Å². The topological polar surface area (TPSA) is 265 Å². The summed E-state index contributed by atoms with van der Waals surface area (Å²) in [6, 6.07) is 67.5. The number of carboxylic acid groups (broad SMARTS) is 4. The van der Waals surface area contributed by atoms with Gasteiger partial charge in [-0.3, -0.25) is 43.9 Å². The van der Waals surface area contributed by atoms with Crippen molar-refractivity contribution < 1.29 is 39.6 Å². The SMILES string of the molecule is Cc1cc(C2CCN(C[C@H]3CN([C@@H](C(=O)O)C4CCCCC4)CC3c3ccccc3)CC2)n[nH]1.O=C(O)[C@@H](C1CCCCC1)N1CC(c2ccccc2)[C@@H](CN2CCC(c3ncc(Cc4ccccc4)s3)CC2)C1.O=C(O)[C@@H](C1CCCCC1)N1CC(c2ccccc2)[C@@H](CN2CCC(n3cnc4cc(Cl)c(Cl)cc43)CC2)C1.O=C(O)[C@@H](C1CCCCC1)N1CC(c2ccccc2)[C@@H](CN2CCC(n3nnc4ccccc43)CC2)C1. The molecule has 800 valence electrons. The molecule has 12 aliphatic rings. The number of piperidine rings is 4. The summed E-state index contributed by atoms with van der Waals surface area (Å²) in [4.78, 5) is 80.6.